The van der Waals surface area contributed by atoms with Crippen LogP contribution in [0.5, 0.6) is 0 Å². The van der Waals surface area contributed by atoms with E-state index >= 15 is 0 Å². The molecule has 0 spiro atoms. The number of benzene rings is 14. The van der Waals surface area contributed by atoms with Crippen LogP contribution in [0.3, 0.4) is 0 Å². The van der Waals surface area contributed by atoms with Crippen LogP contribution in [0, 0.1) is 11.3 Å². The number of nitrogens with zero attached hydrogens (tertiary/aromatic N) is 7. The van der Waals surface area contributed by atoms with Gasteiger partial charge >= 0.3 is 0 Å². The lowest BCUT2D eigenvalue weighted by Crippen LogP contribution is -2.61. The zero-order chi connectivity index (χ0) is 80.5. The summed E-state index contributed by atoms with van der Waals surface area (Å²) in [6.45, 7) is 34.7. The van der Waals surface area contributed by atoms with Gasteiger partial charge < -0.3 is 14.4 Å². The molecule has 8 heteroatoms. The highest BCUT2D eigenvalue weighted by atomic mass is 15.2. The Morgan fingerprint density at radius 2 is 0.638 bits per heavy atom. The fourth-order valence-electron chi connectivity index (χ4n) is 17.1. The van der Waals surface area contributed by atoms with Crippen LogP contribution in [0.15, 0.2) is 309 Å². The highest BCUT2D eigenvalue weighted by molar-refractivity contribution is 7.00. The molecule has 4 heterocycles. The number of anilines is 6. The number of rotatable bonds is 11. The maximum Gasteiger partial charge on any atom is 0.252 e. The Morgan fingerprint density at radius 1 is 0.267 bits per heavy atom. The van der Waals surface area contributed by atoms with Crippen LogP contribution in [0.1, 0.15) is 137 Å². The monoisotopic (exact) mass is 1500 g/mol. The molecule has 116 heavy (non-hydrogen) atoms. The fraction of sp³-hybridized carbons (Fsp3) is 0.185. The lowest BCUT2D eigenvalue weighted by atomic mass is 9.33. The van der Waals surface area contributed by atoms with Gasteiger partial charge in [0.1, 0.15) is 0 Å². The van der Waals surface area contributed by atoms with Crippen molar-refractivity contribution in [3.05, 3.63) is 343 Å². The molecular formula is C108H96BN7. The third-order valence-electron chi connectivity index (χ3n) is 23.8. The number of nitriles is 1. The van der Waals surface area contributed by atoms with Gasteiger partial charge in [-0.25, -0.2) is 15.0 Å². The number of fused-ring (bicyclic) bond motifs is 7. The van der Waals surface area contributed by atoms with Crippen molar-refractivity contribution in [2.75, 3.05) is 9.80 Å². The average molecular weight is 1500 g/mol. The van der Waals surface area contributed by atoms with Gasteiger partial charge in [0.05, 0.1) is 28.4 Å². The van der Waals surface area contributed by atoms with Crippen LogP contribution in [-0.4, -0.2) is 26.2 Å². The average Bonchev–Trinajstić information content (AvgIpc) is 0.780. The molecule has 0 unspecified atom stereocenters. The first-order chi connectivity index (χ1) is 55.6. The first-order valence-corrected chi connectivity index (χ1v) is 40.8. The van der Waals surface area contributed by atoms with E-state index in [1.54, 1.807) is 0 Å². The summed E-state index contributed by atoms with van der Waals surface area (Å²) in [7, 11) is 0. The largest absolute Gasteiger partial charge is 0.311 e. The fourth-order valence-corrected chi connectivity index (χ4v) is 17.1. The van der Waals surface area contributed by atoms with Crippen LogP contribution >= 0.6 is 0 Å². The van der Waals surface area contributed by atoms with Crippen LogP contribution in [0.2, 0.25) is 0 Å². The predicted molar refractivity (Wildman–Crippen MR) is 490 cm³/mol. The van der Waals surface area contributed by atoms with Crippen molar-refractivity contribution in [3.8, 4) is 102 Å². The van der Waals surface area contributed by atoms with E-state index in [0.717, 1.165) is 95.0 Å². The van der Waals surface area contributed by atoms with E-state index in [-0.39, 0.29) is 33.8 Å². The predicted octanol–water partition coefficient (Wildman–Crippen LogP) is 26.7. The Morgan fingerprint density at radius 3 is 1.06 bits per heavy atom. The van der Waals surface area contributed by atoms with Gasteiger partial charge in [-0.2, -0.15) is 5.26 Å². The standard InChI is InChI=1S/C108H96BN7/c1-104(2,3)81-44-49-88-89-59-75(41-51-93(89)116(97(88)66-81)94-50-36-68(67-110)54-90(94)103-112-101(73-32-24-18-25-33-73)111-102(113-103)74-34-26-19-27-35-74)80-62-98-100-99(63-80)115(87-47-39-72(40-48-87)70-30-22-17-23-31-70)96-53-43-77(79-57-84(107(10,11)12)65-85(58-79)108(13,14)15)61-92(96)109(100)91-60-76(78-55-82(105(4,5)6)64-83(56-78)106(7,8)9)42-52-95(91)114(98)86-45-37-71(38-46-86)69-28-20-16-21-29-69/h16-66H,1-15H3. The van der Waals surface area contributed by atoms with E-state index in [2.05, 4.69) is 361 Å². The Bertz CT molecular complexity index is 6220. The summed E-state index contributed by atoms with van der Waals surface area (Å²) < 4.78 is 2.38. The molecule has 0 aliphatic carbocycles. The van der Waals surface area contributed by atoms with Crippen LogP contribution < -0.4 is 26.2 Å². The van der Waals surface area contributed by atoms with Gasteiger partial charge in [0, 0.05) is 61.6 Å². The second-order valence-electron chi connectivity index (χ2n) is 36.9. The van der Waals surface area contributed by atoms with Crippen molar-refractivity contribution >= 4 is 79.0 Å². The van der Waals surface area contributed by atoms with Gasteiger partial charge in [-0.05, 0) is 212 Å². The summed E-state index contributed by atoms with van der Waals surface area (Å²) in [5, 5.41) is 13.0. The van der Waals surface area contributed by atoms with Crippen molar-refractivity contribution < 1.29 is 0 Å². The molecule has 0 atom stereocenters. The molecule has 0 amide bonds. The van der Waals surface area contributed by atoms with E-state index in [0.29, 0.717) is 28.6 Å². The van der Waals surface area contributed by atoms with Crippen molar-refractivity contribution in [2.24, 2.45) is 0 Å². The van der Waals surface area contributed by atoms with Gasteiger partial charge in [-0.3, -0.25) is 0 Å². The summed E-state index contributed by atoms with van der Waals surface area (Å²) >= 11 is 0. The minimum absolute atomic E-state index is 0.0968. The quantitative estimate of drug-likeness (QED) is 0.120. The highest BCUT2D eigenvalue weighted by Gasteiger charge is 2.45. The Labute approximate surface area is 684 Å². The molecule has 2 aliphatic rings. The molecule has 566 valence electrons. The van der Waals surface area contributed by atoms with E-state index in [1.807, 2.05) is 72.8 Å². The highest BCUT2D eigenvalue weighted by Crippen LogP contribution is 2.50. The molecule has 2 aliphatic heterocycles. The van der Waals surface area contributed by atoms with Crippen molar-refractivity contribution in [3.63, 3.8) is 0 Å². The summed E-state index contributed by atoms with van der Waals surface area (Å²) in [6.07, 6.45) is 0. The Kier molecular flexibility index (Phi) is 18.1. The van der Waals surface area contributed by atoms with E-state index in [9.17, 15) is 5.26 Å². The molecule has 0 fully saturated rings. The Hall–Kier alpha value is -13.0. The summed E-state index contributed by atoms with van der Waals surface area (Å²) in [4.78, 5) is 20.9. The molecule has 0 saturated carbocycles. The van der Waals surface area contributed by atoms with Crippen LogP contribution in [0.4, 0.5) is 34.1 Å². The maximum atomic E-state index is 10.8. The molecule has 16 aromatic rings. The lowest BCUT2D eigenvalue weighted by Gasteiger charge is -2.45. The maximum absolute atomic E-state index is 10.8. The minimum atomic E-state index is -0.240. The molecule has 14 aromatic carbocycles. The number of aromatic nitrogens is 4. The van der Waals surface area contributed by atoms with Gasteiger partial charge in [0.15, 0.2) is 17.5 Å². The third-order valence-corrected chi connectivity index (χ3v) is 23.8. The Balaban J connectivity index is 0.922. The van der Waals surface area contributed by atoms with Crippen molar-refractivity contribution in [1.82, 2.24) is 19.5 Å². The molecule has 7 nitrogen and oxygen atoms in total. The molecule has 18 rings (SSSR count). The minimum Gasteiger partial charge on any atom is -0.311 e. The van der Waals surface area contributed by atoms with E-state index in [4.69, 9.17) is 15.0 Å². The van der Waals surface area contributed by atoms with E-state index in [1.165, 1.54) is 77.6 Å². The van der Waals surface area contributed by atoms with Crippen LogP contribution in [-0.2, 0) is 27.1 Å². The number of hydrogen-bond acceptors (Lipinski definition) is 6. The first-order valence-electron chi connectivity index (χ1n) is 40.8. The van der Waals surface area contributed by atoms with Gasteiger partial charge in [0.25, 0.3) is 6.71 Å². The van der Waals surface area contributed by atoms with Crippen LogP contribution in [0.25, 0.3) is 117 Å². The lowest BCUT2D eigenvalue weighted by molar-refractivity contribution is 0.568. The zero-order valence-corrected chi connectivity index (χ0v) is 69.2. The topological polar surface area (TPSA) is 73.9 Å². The molecule has 0 saturated heterocycles. The van der Waals surface area contributed by atoms with Gasteiger partial charge in [0.2, 0.25) is 0 Å². The zero-order valence-electron chi connectivity index (χ0n) is 69.2. The van der Waals surface area contributed by atoms with Crippen molar-refractivity contribution in [1.29, 1.82) is 5.26 Å². The number of hydrogen-bond donors (Lipinski definition) is 0. The van der Waals surface area contributed by atoms with Crippen molar-refractivity contribution in [2.45, 2.75) is 131 Å². The molecule has 2 aromatic heterocycles. The van der Waals surface area contributed by atoms with Gasteiger partial charge in [-0.1, -0.05) is 328 Å². The summed E-state index contributed by atoms with van der Waals surface area (Å²) in [6, 6.07) is 117. The summed E-state index contributed by atoms with van der Waals surface area (Å²) in [5.41, 5.74) is 33.5. The third kappa shape index (κ3) is 13.7. The smallest absolute Gasteiger partial charge is 0.252 e. The first kappa shape index (κ1) is 74.5. The summed E-state index contributed by atoms with van der Waals surface area (Å²) in [5.74, 6) is 1.55. The second kappa shape index (κ2) is 28.2. The SMILES string of the molecule is CC(C)(C)c1cc(-c2ccc3c(c2)B2c4cc(-c5cc(C(C)(C)C)cc(C(C)(C)C)c5)ccc4N(c4ccc(-c5ccccc5)cc4)c4cc(-c5ccc6c(c5)c5ccc(C(C)(C)C)cc5n6-c5ccc(C#N)cc5-c5nc(-c6ccccc6)nc(-c6ccccc6)n5)cc(c42)N3c2ccc(-c3ccccc3)cc2)cc(C(C)(C)C)c1. The van der Waals surface area contributed by atoms with E-state index < -0.39 is 0 Å². The normalized spacial score (nSPS) is 12.9. The molecular weight excluding hydrogens is 1410 g/mol. The van der Waals surface area contributed by atoms with Gasteiger partial charge in [-0.15, -0.1) is 0 Å². The second-order valence-corrected chi connectivity index (χ2v) is 36.9. The molecule has 0 N–H and O–H groups in total. The molecule has 0 bridgehead atoms. The molecule has 0 radical (unpaired) electrons.